The Labute approximate surface area is 146 Å². The van der Waals surface area contributed by atoms with E-state index in [2.05, 4.69) is 5.32 Å². The van der Waals surface area contributed by atoms with Gasteiger partial charge in [0.05, 0.1) is 16.0 Å². The number of halogens is 2. The van der Waals surface area contributed by atoms with E-state index >= 15 is 0 Å². The van der Waals surface area contributed by atoms with Gasteiger partial charge in [0.25, 0.3) is 0 Å². The molecule has 1 fully saturated rings. The molecule has 1 aromatic rings. The lowest BCUT2D eigenvalue weighted by atomic mass is 10.2. The fourth-order valence-electron chi connectivity index (χ4n) is 2.61. The van der Waals surface area contributed by atoms with Crippen molar-refractivity contribution < 1.29 is 17.6 Å². The molecule has 0 spiro atoms. The van der Waals surface area contributed by atoms with Gasteiger partial charge in [0.2, 0.25) is 15.9 Å². The maximum atomic E-state index is 13.2. The zero-order valence-corrected chi connectivity index (χ0v) is 15.2. The van der Waals surface area contributed by atoms with E-state index in [-0.39, 0.29) is 35.0 Å². The third-order valence-corrected chi connectivity index (χ3v) is 6.26. The van der Waals surface area contributed by atoms with Crippen LogP contribution < -0.4 is 5.32 Å². The molecule has 6 nitrogen and oxygen atoms in total. The van der Waals surface area contributed by atoms with Crippen LogP contribution >= 0.6 is 11.6 Å². The summed E-state index contributed by atoms with van der Waals surface area (Å²) in [4.78, 5) is 13.8. The number of carbonyl (C=O) groups is 1. The molecule has 0 unspecified atom stereocenters. The molecule has 1 amide bonds. The van der Waals surface area contributed by atoms with Crippen molar-refractivity contribution in [2.24, 2.45) is 0 Å². The second-order valence-electron chi connectivity index (χ2n) is 5.59. The van der Waals surface area contributed by atoms with Crippen LogP contribution in [0.4, 0.5) is 4.39 Å². The molecule has 1 aliphatic rings. The third kappa shape index (κ3) is 4.05. The van der Waals surface area contributed by atoms with E-state index in [1.807, 2.05) is 11.8 Å². The Morgan fingerprint density at radius 2 is 1.96 bits per heavy atom. The number of hydrogen-bond acceptors (Lipinski definition) is 4. The van der Waals surface area contributed by atoms with Gasteiger partial charge in [-0.2, -0.15) is 4.31 Å². The molecular formula is C15H21ClFN3O3S. The first-order valence-electron chi connectivity index (χ1n) is 7.74. The molecule has 24 heavy (non-hydrogen) atoms. The second kappa shape index (κ2) is 7.77. The Bertz CT molecular complexity index is 706. The van der Waals surface area contributed by atoms with E-state index in [9.17, 15) is 17.6 Å². The summed E-state index contributed by atoms with van der Waals surface area (Å²) in [5.74, 6) is -0.727. The Balaban J connectivity index is 2.05. The van der Waals surface area contributed by atoms with Crippen molar-refractivity contribution in [3.63, 3.8) is 0 Å². The van der Waals surface area contributed by atoms with Crippen molar-refractivity contribution >= 4 is 27.5 Å². The van der Waals surface area contributed by atoms with Gasteiger partial charge in [-0.1, -0.05) is 11.6 Å². The lowest BCUT2D eigenvalue weighted by Gasteiger charge is -2.36. The second-order valence-corrected chi connectivity index (χ2v) is 7.93. The van der Waals surface area contributed by atoms with Gasteiger partial charge in [-0.15, -0.1) is 0 Å². The summed E-state index contributed by atoms with van der Waals surface area (Å²) in [5.41, 5.74) is 0. The number of rotatable bonds is 5. The number of sulfonamides is 1. The molecule has 0 saturated carbocycles. The van der Waals surface area contributed by atoms with E-state index in [1.54, 1.807) is 6.92 Å². The highest BCUT2D eigenvalue weighted by Crippen LogP contribution is 2.23. The average Bonchev–Trinajstić information content (AvgIpc) is 2.57. The fourth-order valence-corrected chi connectivity index (χ4v) is 4.30. The smallest absolute Gasteiger partial charge is 0.243 e. The average molecular weight is 378 g/mol. The zero-order chi connectivity index (χ0) is 17.9. The third-order valence-electron chi connectivity index (χ3n) is 4.08. The Morgan fingerprint density at radius 1 is 1.33 bits per heavy atom. The summed E-state index contributed by atoms with van der Waals surface area (Å²) in [6, 6.07) is 3.06. The number of likely N-dealkylation sites (N-methyl/N-ethyl adjacent to an activating group) is 1. The van der Waals surface area contributed by atoms with E-state index in [0.29, 0.717) is 19.6 Å². The van der Waals surface area contributed by atoms with Gasteiger partial charge in [0, 0.05) is 32.7 Å². The van der Waals surface area contributed by atoms with Crippen molar-refractivity contribution in [2.45, 2.75) is 24.8 Å². The summed E-state index contributed by atoms with van der Waals surface area (Å²) >= 11 is 5.68. The van der Waals surface area contributed by atoms with Crippen LogP contribution in [0.15, 0.2) is 23.1 Å². The van der Waals surface area contributed by atoms with Gasteiger partial charge in [0.15, 0.2) is 0 Å². The fraction of sp³-hybridized carbons (Fsp3) is 0.533. The normalized spacial score (nSPS) is 18.3. The molecule has 1 N–H and O–H groups in total. The Morgan fingerprint density at radius 3 is 2.50 bits per heavy atom. The largest absolute Gasteiger partial charge is 0.355 e. The van der Waals surface area contributed by atoms with Crippen LogP contribution in [0.1, 0.15) is 13.8 Å². The number of piperazine rings is 1. The minimum atomic E-state index is -3.73. The van der Waals surface area contributed by atoms with Crippen molar-refractivity contribution in [1.29, 1.82) is 0 Å². The molecule has 0 aromatic heterocycles. The molecule has 1 saturated heterocycles. The first-order chi connectivity index (χ1) is 11.3. The van der Waals surface area contributed by atoms with Crippen LogP contribution in [-0.4, -0.2) is 62.3 Å². The van der Waals surface area contributed by atoms with Crippen LogP contribution in [0.5, 0.6) is 0 Å². The van der Waals surface area contributed by atoms with E-state index in [0.717, 1.165) is 12.1 Å². The van der Waals surface area contributed by atoms with Crippen molar-refractivity contribution in [1.82, 2.24) is 14.5 Å². The number of amides is 1. The van der Waals surface area contributed by atoms with Gasteiger partial charge >= 0.3 is 0 Å². The highest BCUT2D eigenvalue weighted by Gasteiger charge is 2.31. The van der Waals surface area contributed by atoms with E-state index in [1.165, 1.54) is 10.4 Å². The maximum Gasteiger partial charge on any atom is 0.243 e. The lowest BCUT2D eigenvalue weighted by molar-refractivity contribution is -0.126. The van der Waals surface area contributed by atoms with Crippen molar-refractivity contribution in [3.8, 4) is 0 Å². The quantitative estimate of drug-likeness (QED) is 0.840. The van der Waals surface area contributed by atoms with Gasteiger partial charge in [0.1, 0.15) is 5.82 Å². The molecule has 9 heteroatoms. The van der Waals surface area contributed by atoms with Crippen LogP contribution in [0.2, 0.25) is 5.02 Å². The van der Waals surface area contributed by atoms with Gasteiger partial charge in [-0.25, -0.2) is 12.8 Å². The molecule has 1 heterocycles. The Hall–Kier alpha value is -1.22. The molecule has 1 atom stereocenters. The van der Waals surface area contributed by atoms with Crippen LogP contribution in [-0.2, 0) is 14.8 Å². The minimum absolute atomic E-state index is 0.0286. The predicted octanol–water partition coefficient (Wildman–Crippen LogP) is 1.31. The van der Waals surface area contributed by atoms with Crippen molar-refractivity contribution in [3.05, 3.63) is 29.0 Å². The number of hydrogen-bond donors (Lipinski definition) is 1. The molecule has 1 aromatic carbocycles. The summed E-state index contributed by atoms with van der Waals surface area (Å²) < 4.78 is 39.8. The summed E-state index contributed by atoms with van der Waals surface area (Å²) in [7, 11) is -3.73. The first kappa shape index (κ1) is 19.1. The zero-order valence-electron chi connectivity index (χ0n) is 13.6. The number of nitrogens with one attached hydrogen (secondary N) is 1. The van der Waals surface area contributed by atoms with Crippen LogP contribution in [0, 0.1) is 5.82 Å². The first-order valence-corrected chi connectivity index (χ1v) is 9.56. The number of benzene rings is 1. The van der Waals surface area contributed by atoms with Crippen molar-refractivity contribution in [2.75, 3.05) is 32.7 Å². The standard InChI is InChI=1S/C15H21ClFN3O3S/c1-3-18-15(21)11(2)19-6-8-20(9-7-19)24(22,23)12-4-5-14(17)13(16)10-12/h4-5,10-11H,3,6-9H2,1-2H3,(H,18,21)/t11-/m1/s1. The van der Waals surface area contributed by atoms with Gasteiger partial charge in [-0.05, 0) is 32.0 Å². The highest BCUT2D eigenvalue weighted by atomic mass is 35.5. The topological polar surface area (TPSA) is 69.7 Å². The maximum absolute atomic E-state index is 13.2. The lowest BCUT2D eigenvalue weighted by Crippen LogP contribution is -2.54. The molecule has 1 aliphatic heterocycles. The molecule has 0 radical (unpaired) electrons. The Kier molecular flexibility index (Phi) is 6.19. The van der Waals surface area contributed by atoms with E-state index < -0.39 is 15.8 Å². The van der Waals surface area contributed by atoms with E-state index in [4.69, 9.17) is 11.6 Å². The SMILES string of the molecule is CCNC(=O)[C@@H](C)N1CCN(S(=O)(=O)c2ccc(F)c(Cl)c2)CC1. The summed E-state index contributed by atoms with van der Waals surface area (Å²) in [6.07, 6.45) is 0. The monoisotopic (exact) mass is 377 g/mol. The summed E-state index contributed by atoms with van der Waals surface area (Å²) in [6.45, 7) is 5.64. The highest BCUT2D eigenvalue weighted by molar-refractivity contribution is 7.89. The summed E-state index contributed by atoms with van der Waals surface area (Å²) in [5, 5.41) is 2.54. The molecule has 0 bridgehead atoms. The predicted molar refractivity (Wildman–Crippen MR) is 89.9 cm³/mol. The number of nitrogens with zero attached hydrogens (tertiary/aromatic N) is 2. The van der Waals surface area contributed by atoms with Crippen LogP contribution in [0.3, 0.4) is 0 Å². The molecule has 2 rings (SSSR count). The molecular weight excluding hydrogens is 357 g/mol. The van der Waals surface area contributed by atoms with Gasteiger partial charge in [-0.3, -0.25) is 9.69 Å². The van der Waals surface area contributed by atoms with Crippen LogP contribution in [0.25, 0.3) is 0 Å². The van der Waals surface area contributed by atoms with Gasteiger partial charge < -0.3 is 5.32 Å². The molecule has 0 aliphatic carbocycles. The number of carbonyl (C=O) groups excluding carboxylic acids is 1. The molecule has 134 valence electrons. The minimum Gasteiger partial charge on any atom is -0.355 e.